The Balaban J connectivity index is 2.01. The van der Waals surface area contributed by atoms with E-state index in [1.54, 1.807) is 6.07 Å². The van der Waals surface area contributed by atoms with Crippen molar-refractivity contribution in [2.45, 2.75) is 46.0 Å². The zero-order chi connectivity index (χ0) is 18.6. The van der Waals surface area contributed by atoms with Crippen molar-refractivity contribution < 1.29 is 4.39 Å². The number of nitrogens with one attached hydrogen (secondary N) is 2. The molecule has 0 radical (unpaired) electrons. The maximum Gasteiger partial charge on any atom is 0.128 e. The molecule has 0 amide bonds. The van der Waals surface area contributed by atoms with Crippen molar-refractivity contribution in [3.8, 4) is 0 Å². The van der Waals surface area contributed by atoms with Crippen molar-refractivity contribution >= 4 is 21.8 Å². The van der Waals surface area contributed by atoms with Gasteiger partial charge in [-0.15, -0.1) is 0 Å². The van der Waals surface area contributed by atoms with Crippen LogP contribution in [0.15, 0.2) is 30.5 Å². The summed E-state index contributed by atoms with van der Waals surface area (Å²) in [6, 6.07) is 7.58. The lowest BCUT2D eigenvalue weighted by atomic mass is 9.77. The predicted octanol–water partition coefficient (Wildman–Crippen LogP) is 5.34. The molecule has 0 atom stereocenters. The smallest absolute Gasteiger partial charge is 0.128 e. The van der Waals surface area contributed by atoms with Gasteiger partial charge in [-0.1, -0.05) is 39.8 Å². The Bertz CT molecular complexity index is 1120. The quantitative estimate of drug-likeness (QED) is 0.524. The maximum atomic E-state index is 14.4. The van der Waals surface area contributed by atoms with Crippen molar-refractivity contribution in [2.75, 3.05) is 0 Å². The second-order valence-corrected chi connectivity index (χ2v) is 7.83. The number of benzene rings is 2. The van der Waals surface area contributed by atoms with Crippen molar-refractivity contribution in [1.82, 2.24) is 20.4 Å². The van der Waals surface area contributed by atoms with Crippen molar-refractivity contribution in [3.05, 3.63) is 58.7 Å². The zero-order valence-electron chi connectivity index (χ0n) is 15.7. The van der Waals surface area contributed by atoms with Crippen LogP contribution in [0.5, 0.6) is 0 Å². The third kappa shape index (κ3) is 2.26. The topological polar surface area (TPSA) is 57.4 Å². The Morgan fingerprint density at radius 3 is 2.58 bits per heavy atom. The molecule has 0 saturated carbocycles. The lowest BCUT2D eigenvalue weighted by molar-refractivity contribution is 0.601. The van der Waals surface area contributed by atoms with E-state index in [2.05, 4.69) is 53.3 Å². The molecule has 4 nitrogen and oxygen atoms in total. The number of nitrogens with zero attached hydrogens (tertiary/aromatic N) is 2. The summed E-state index contributed by atoms with van der Waals surface area (Å²) in [5.74, 6) is -0.133. The summed E-state index contributed by atoms with van der Waals surface area (Å²) in [5, 5.41) is 17.1. The van der Waals surface area contributed by atoms with E-state index in [0.29, 0.717) is 5.56 Å². The van der Waals surface area contributed by atoms with Crippen LogP contribution in [0.25, 0.3) is 21.8 Å². The summed E-state index contributed by atoms with van der Waals surface area (Å²) in [5.41, 5.74) is 5.41. The molecule has 4 aromatic rings. The van der Waals surface area contributed by atoms with Crippen LogP contribution in [0.4, 0.5) is 4.39 Å². The minimum Gasteiger partial charge on any atom is -0.280 e. The van der Waals surface area contributed by atoms with E-state index < -0.39 is 0 Å². The number of hydrogen-bond donors (Lipinski definition) is 2. The van der Waals surface area contributed by atoms with Gasteiger partial charge in [-0.2, -0.15) is 10.2 Å². The molecule has 4 rings (SSSR count). The SMILES string of the molecule is Cc1ccc2cn[nH]c2c1C(C)(C)c1[nH]nc2c(C(C)C)c(F)ccc12. The van der Waals surface area contributed by atoms with Gasteiger partial charge >= 0.3 is 0 Å². The number of H-pyrrole nitrogens is 2. The highest BCUT2D eigenvalue weighted by Gasteiger charge is 2.32. The molecular weight excluding hydrogens is 327 g/mol. The lowest BCUT2D eigenvalue weighted by Crippen LogP contribution is -2.22. The Kier molecular flexibility index (Phi) is 3.65. The van der Waals surface area contributed by atoms with E-state index in [1.165, 1.54) is 11.1 Å². The van der Waals surface area contributed by atoms with E-state index in [9.17, 15) is 4.39 Å². The summed E-state index contributed by atoms with van der Waals surface area (Å²) < 4.78 is 14.4. The number of hydrogen-bond acceptors (Lipinski definition) is 2. The molecule has 0 unspecified atom stereocenters. The molecule has 0 saturated heterocycles. The minimum atomic E-state index is -0.350. The van der Waals surface area contributed by atoms with Gasteiger partial charge in [0.15, 0.2) is 0 Å². The van der Waals surface area contributed by atoms with E-state index in [0.717, 1.165) is 27.5 Å². The predicted molar refractivity (Wildman–Crippen MR) is 103 cm³/mol. The molecular formula is C21H23FN4. The maximum absolute atomic E-state index is 14.4. The normalized spacial score (nSPS) is 12.6. The summed E-state index contributed by atoms with van der Waals surface area (Å²) in [7, 11) is 0. The molecule has 0 spiro atoms. The Morgan fingerprint density at radius 2 is 1.85 bits per heavy atom. The van der Waals surface area contributed by atoms with Crippen LogP contribution in [-0.2, 0) is 5.41 Å². The monoisotopic (exact) mass is 350 g/mol. The summed E-state index contributed by atoms with van der Waals surface area (Å²) >= 11 is 0. The van der Waals surface area contributed by atoms with E-state index >= 15 is 0 Å². The first-order valence-electron chi connectivity index (χ1n) is 8.92. The molecule has 0 aliphatic rings. The van der Waals surface area contributed by atoms with Crippen LogP contribution in [0.3, 0.4) is 0 Å². The fourth-order valence-electron chi connectivity index (χ4n) is 4.15. The highest BCUT2D eigenvalue weighted by molar-refractivity contribution is 5.89. The standard InChI is InChI=1S/C21H23FN4/c1-11(2)16-15(22)9-8-14-19(16)25-26-20(14)21(4,5)17-12(3)6-7-13-10-23-24-18(13)17/h6-11H,1-5H3,(H,23,24)(H,25,26). The van der Waals surface area contributed by atoms with Crippen molar-refractivity contribution in [3.63, 3.8) is 0 Å². The molecule has 134 valence electrons. The minimum absolute atomic E-state index is 0.0655. The Labute approximate surface area is 151 Å². The second kappa shape index (κ2) is 5.66. The Morgan fingerprint density at radius 1 is 1.08 bits per heavy atom. The number of rotatable bonds is 3. The van der Waals surface area contributed by atoms with E-state index in [-0.39, 0.29) is 17.2 Å². The van der Waals surface area contributed by atoms with Crippen LogP contribution >= 0.6 is 0 Å². The first-order valence-corrected chi connectivity index (χ1v) is 8.92. The third-order valence-electron chi connectivity index (χ3n) is 5.37. The Hall–Kier alpha value is -2.69. The molecule has 26 heavy (non-hydrogen) atoms. The highest BCUT2D eigenvalue weighted by Crippen LogP contribution is 2.40. The van der Waals surface area contributed by atoms with Gasteiger partial charge in [-0.05, 0) is 36.1 Å². The molecule has 0 fully saturated rings. The number of fused-ring (bicyclic) bond motifs is 2. The van der Waals surface area contributed by atoms with Crippen molar-refractivity contribution in [2.24, 2.45) is 0 Å². The summed E-state index contributed by atoms with van der Waals surface area (Å²) in [6.45, 7) is 10.4. The number of aromatic nitrogens is 4. The molecule has 0 bridgehead atoms. The summed E-state index contributed by atoms with van der Waals surface area (Å²) in [6.07, 6.45) is 1.84. The van der Waals surface area contributed by atoms with Crippen molar-refractivity contribution in [1.29, 1.82) is 0 Å². The molecule has 2 aromatic heterocycles. The second-order valence-electron chi connectivity index (χ2n) is 7.83. The fraction of sp³-hybridized carbons (Fsp3) is 0.333. The van der Waals surface area contributed by atoms with E-state index in [4.69, 9.17) is 0 Å². The lowest BCUT2D eigenvalue weighted by Gasteiger charge is -2.27. The van der Waals surface area contributed by atoms with Gasteiger partial charge in [0.1, 0.15) is 5.82 Å². The first kappa shape index (κ1) is 16.8. The average molecular weight is 350 g/mol. The van der Waals surface area contributed by atoms with E-state index in [1.807, 2.05) is 26.1 Å². The number of halogens is 1. The first-order chi connectivity index (χ1) is 12.3. The third-order valence-corrected chi connectivity index (χ3v) is 5.37. The van der Waals surface area contributed by atoms with Gasteiger partial charge in [-0.25, -0.2) is 4.39 Å². The largest absolute Gasteiger partial charge is 0.280 e. The van der Waals surface area contributed by atoms with Gasteiger partial charge in [0.25, 0.3) is 0 Å². The van der Waals surface area contributed by atoms with Crippen LogP contribution in [0.2, 0.25) is 0 Å². The van der Waals surface area contributed by atoms with Crippen LogP contribution < -0.4 is 0 Å². The van der Waals surface area contributed by atoms with Gasteiger partial charge in [0.2, 0.25) is 0 Å². The molecule has 2 aromatic carbocycles. The average Bonchev–Trinajstić information content (AvgIpc) is 3.20. The molecule has 0 aliphatic carbocycles. The molecule has 2 heterocycles. The van der Waals surface area contributed by atoms with Crippen LogP contribution in [-0.4, -0.2) is 20.4 Å². The molecule has 5 heteroatoms. The van der Waals surface area contributed by atoms with Gasteiger partial charge in [-0.3, -0.25) is 10.2 Å². The van der Waals surface area contributed by atoms with Gasteiger partial charge in [0.05, 0.1) is 22.9 Å². The zero-order valence-corrected chi connectivity index (χ0v) is 15.7. The molecule has 0 aliphatic heterocycles. The number of aromatic amines is 2. The number of aryl methyl sites for hydroxylation is 1. The van der Waals surface area contributed by atoms with Crippen LogP contribution in [0.1, 0.15) is 56.0 Å². The highest BCUT2D eigenvalue weighted by atomic mass is 19.1. The van der Waals surface area contributed by atoms with Gasteiger partial charge < -0.3 is 0 Å². The summed E-state index contributed by atoms with van der Waals surface area (Å²) in [4.78, 5) is 0. The van der Waals surface area contributed by atoms with Gasteiger partial charge in [0, 0.05) is 21.8 Å². The fourth-order valence-corrected chi connectivity index (χ4v) is 4.15. The molecule has 2 N–H and O–H groups in total. The van der Waals surface area contributed by atoms with Crippen LogP contribution in [0, 0.1) is 12.7 Å².